The molecule has 24 heavy (non-hydrogen) atoms. The van der Waals surface area contributed by atoms with E-state index in [1.54, 1.807) is 16.8 Å². The van der Waals surface area contributed by atoms with Crippen LogP contribution in [-0.4, -0.2) is 51.2 Å². The Morgan fingerprint density at radius 3 is 2.79 bits per heavy atom. The van der Waals surface area contributed by atoms with Crippen molar-refractivity contribution in [3.63, 3.8) is 0 Å². The van der Waals surface area contributed by atoms with Crippen LogP contribution >= 0.6 is 33.9 Å². The second-order valence-electron chi connectivity index (χ2n) is 5.18. The van der Waals surface area contributed by atoms with E-state index in [2.05, 4.69) is 38.1 Å². The molecule has 2 aromatic rings. The Hall–Kier alpha value is -1.11. The predicted octanol–water partition coefficient (Wildman–Crippen LogP) is 2.58. The summed E-state index contributed by atoms with van der Waals surface area (Å²) in [5, 5.41) is 11.9. The second kappa shape index (κ2) is 7.42. The van der Waals surface area contributed by atoms with Crippen molar-refractivity contribution in [2.24, 2.45) is 0 Å². The van der Waals surface area contributed by atoms with E-state index in [0.717, 1.165) is 9.26 Å². The first-order chi connectivity index (χ1) is 11.5. The van der Waals surface area contributed by atoms with E-state index >= 15 is 0 Å². The molecule has 128 valence electrons. The normalized spacial score (nSPS) is 19.0. The highest BCUT2D eigenvalue weighted by Crippen LogP contribution is 2.30. The third-order valence-corrected chi connectivity index (χ3v) is 6.77. The summed E-state index contributed by atoms with van der Waals surface area (Å²) in [6.07, 6.45) is -0.251. The first-order valence-corrected chi connectivity index (χ1v) is 10.5. The summed E-state index contributed by atoms with van der Waals surface area (Å²) in [6, 6.07) is 7.80. The fourth-order valence-electron chi connectivity index (χ4n) is 2.32. The SMILES string of the molecule is CC[S+]([O-])c1nnc(N2C(=O)N(C)CC2Nc2ccc(I)cc2)s1. The zero-order valence-corrected chi connectivity index (χ0v) is 16.9. The van der Waals surface area contributed by atoms with Crippen LogP contribution in [-0.2, 0) is 11.2 Å². The van der Waals surface area contributed by atoms with Crippen molar-refractivity contribution in [3.8, 4) is 0 Å². The molecule has 0 radical (unpaired) electrons. The molecule has 2 unspecified atom stereocenters. The summed E-state index contributed by atoms with van der Waals surface area (Å²) in [5.41, 5.74) is 0.926. The number of carbonyl (C=O) groups is 1. The average Bonchev–Trinajstić information content (AvgIpc) is 3.15. The molecule has 1 aliphatic heterocycles. The molecule has 3 rings (SSSR count). The molecule has 10 heteroatoms. The molecule has 2 amide bonds. The van der Waals surface area contributed by atoms with Gasteiger partial charge in [0.15, 0.2) is 0 Å². The van der Waals surface area contributed by atoms with Crippen molar-refractivity contribution in [3.05, 3.63) is 27.8 Å². The molecule has 7 nitrogen and oxygen atoms in total. The number of anilines is 2. The predicted molar refractivity (Wildman–Crippen MR) is 104 cm³/mol. The summed E-state index contributed by atoms with van der Waals surface area (Å²) in [5.74, 6) is 0.479. The van der Waals surface area contributed by atoms with Gasteiger partial charge >= 0.3 is 10.4 Å². The Kier molecular flexibility index (Phi) is 5.47. The van der Waals surface area contributed by atoms with Gasteiger partial charge in [-0.3, -0.25) is 0 Å². The molecule has 1 saturated heterocycles. The molecule has 0 spiro atoms. The minimum atomic E-state index is -1.17. The van der Waals surface area contributed by atoms with Crippen LogP contribution in [0.15, 0.2) is 28.6 Å². The highest BCUT2D eigenvalue weighted by Gasteiger charge is 2.39. The summed E-state index contributed by atoms with van der Waals surface area (Å²) in [4.78, 5) is 15.7. The molecular formula is C14H16IN5O2S2. The molecule has 0 aliphatic carbocycles. The highest BCUT2D eigenvalue weighted by atomic mass is 127. The van der Waals surface area contributed by atoms with E-state index < -0.39 is 11.2 Å². The molecule has 1 aliphatic rings. The second-order valence-corrected chi connectivity index (χ2v) is 9.30. The number of amides is 2. The molecule has 1 aromatic heterocycles. The smallest absolute Gasteiger partial charge is 0.328 e. The van der Waals surface area contributed by atoms with Crippen LogP contribution in [0.25, 0.3) is 0 Å². The maximum absolute atomic E-state index is 12.5. The Balaban J connectivity index is 1.84. The Morgan fingerprint density at radius 1 is 1.42 bits per heavy atom. The molecule has 0 bridgehead atoms. The van der Waals surface area contributed by atoms with Gasteiger partial charge in [0.25, 0.3) is 0 Å². The van der Waals surface area contributed by atoms with Gasteiger partial charge in [-0.05, 0) is 65.1 Å². The van der Waals surface area contributed by atoms with Gasteiger partial charge in [-0.2, -0.15) is 0 Å². The Bertz CT molecular complexity index is 726. The molecule has 1 aromatic carbocycles. The number of benzene rings is 1. The summed E-state index contributed by atoms with van der Waals surface area (Å²) in [7, 11) is 1.75. The first-order valence-electron chi connectivity index (χ1n) is 7.28. The lowest BCUT2D eigenvalue weighted by Gasteiger charge is -2.21. The Morgan fingerprint density at radius 2 is 2.12 bits per heavy atom. The zero-order chi connectivity index (χ0) is 17.3. The third kappa shape index (κ3) is 3.60. The Labute approximate surface area is 160 Å². The number of carbonyl (C=O) groups excluding carboxylic acids is 1. The number of hydrogen-bond acceptors (Lipinski definition) is 6. The lowest BCUT2D eigenvalue weighted by Crippen LogP contribution is -2.39. The maximum Gasteiger partial charge on any atom is 0.328 e. The number of nitrogens with one attached hydrogen (secondary N) is 1. The monoisotopic (exact) mass is 477 g/mol. The van der Waals surface area contributed by atoms with Gasteiger partial charge in [-0.1, -0.05) is 5.10 Å². The van der Waals surface area contributed by atoms with Crippen molar-refractivity contribution in [1.29, 1.82) is 0 Å². The van der Waals surface area contributed by atoms with Gasteiger partial charge in [0.05, 0.1) is 6.54 Å². The van der Waals surface area contributed by atoms with Crippen molar-refractivity contribution < 1.29 is 9.35 Å². The van der Waals surface area contributed by atoms with Crippen molar-refractivity contribution >= 4 is 62.0 Å². The molecular weight excluding hydrogens is 461 g/mol. The van der Waals surface area contributed by atoms with Crippen LogP contribution < -0.4 is 10.2 Å². The first kappa shape index (κ1) is 17.7. The van der Waals surface area contributed by atoms with E-state index in [4.69, 9.17) is 0 Å². The molecule has 0 saturated carbocycles. The summed E-state index contributed by atoms with van der Waals surface area (Å²) in [6.45, 7) is 2.35. The third-order valence-electron chi connectivity index (χ3n) is 3.53. The van der Waals surface area contributed by atoms with E-state index in [0.29, 0.717) is 21.8 Å². The molecule has 2 heterocycles. The van der Waals surface area contributed by atoms with Gasteiger partial charge in [0.1, 0.15) is 11.9 Å². The lowest BCUT2D eigenvalue weighted by molar-refractivity contribution is 0.229. The van der Waals surface area contributed by atoms with E-state index in [1.165, 1.54) is 11.3 Å². The van der Waals surface area contributed by atoms with E-state index in [9.17, 15) is 9.35 Å². The zero-order valence-electron chi connectivity index (χ0n) is 13.1. The number of hydrogen-bond donors (Lipinski definition) is 1. The molecule has 1 N–H and O–H groups in total. The van der Waals surface area contributed by atoms with Crippen LogP contribution in [0, 0.1) is 3.57 Å². The lowest BCUT2D eigenvalue weighted by atomic mass is 10.3. The molecule has 1 fully saturated rings. The number of halogens is 1. The van der Waals surface area contributed by atoms with Crippen molar-refractivity contribution in [1.82, 2.24) is 15.1 Å². The maximum atomic E-state index is 12.5. The largest absolute Gasteiger partial charge is 0.610 e. The van der Waals surface area contributed by atoms with Crippen LogP contribution in [0.5, 0.6) is 0 Å². The van der Waals surface area contributed by atoms with Gasteiger partial charge in [-0.15, -0.1) is 5.10 Å². The van der Waals surface area contributed by atoms with Gasteiger partial charge in [-0.25, -0.2) is 9.69 Å². The number of urea groups is 1. The quantitative estimate of drug-likeness (QED) is 0.407. The van der Waals surface area contributed by atoms with Gasteiger partial charge in [0, 0.05) is 27.5 Å². The topological polar surface area (TPSA) is 84.4 Å². The van der Waals surface area contributed by atoms with Crippen LogP contribution in [0.2, 0.25) is 0 Å². The number of likely N-dealkylation sites (N-methyl/N-ethyl adjacent to an activating group) is 1. The molecule has 2 atom stereocenters. The van der Waals surface area contributed by atoms with Gasteiger partial charge in [0.2, 0.25) is 5.13 Å². The minimum absolute atomic E-state index is 0.150. The van der Waals surface area contributed by atoms with Crippen molar-refractivity contribution in [2.45, 2.75) is 17.4 Å². The van der Waals surface area contributed by atoms with Gasteiger partial charge < -0.3 is 14.8 Å². The number of aromatic nitrogens is 2. The van der Waals surface area contributed by atoms with Crippen LogP contribution in [0.3, 0.4) is 0 Å². The standard InChI is InChI=1S/C14H16IN5O2S2/c1-3-24(22)13-18-17-12(23-13)20-11(8-19(2)14(20)21)16-10-6-4-9(15)5-7-10/h4-7,11,16H,3,8H2,1-2H3. The number of rotatable bonds is 5. The average molecular weight is 477 g/mol. The summed E-state index contributed by atoms with van der Waals surface area (Å²) < 4.78 is 13.5. The summed E-state index contributed by atoms with van der Waals surface area (Å²) >= 11 is 2.28. The van der Waals surface area contributed by atoms with Crippen LogP contribution in [0.1, 0.15) is 6.92 Å². The van der Waals surface area contributed by atoms with E-state index in [1.807, 2.05) is 31.2 Å². The van der Waals surface area contributed by atoms with Crippen LogP contribution in [0.4, 0.5) is 15.6 Å². The fourth-order valence-corrected chi connectivity index (χ4v) is 4.63. The minimum Gasteiger partial charge on any atom is -0.610 e. The van der Waals surface area contributed by atoms with E-state index in [-0.39, 0.29) is 12.2 Å². The fraction of sp³-hybridized carbons (Fsp3) is 0.357. The van der Waals surface area contributed by atoms with Crippen molar-refractivity contribution in [2.75, 3.05) is 29.6 Å². The highest BCUT2D eigenvalue weighted by molar-refractivity contribution is 14.1. The number of nitrogens with zero attached hydrogens (tertiary/aromatic N) is 4.